The number of rotatable bonds is 7. The summed E-state index contributed by atoms with van der Waals surface area (Å²) in [5.74, 6) is 3.07. The predicted molar refractivity (Wildman–Crippen MR) is 183 cm³/mol. The van der Waals surface area contributed by atoms with Gasteiger partial charge in [0, 0.05) is 12.6 Å². The molecule has 0 aromatic heterocycles. The highest BCUT2D eigenvalue weighted by molar-refractivity contribution is 6.34. The molecule has 4 saturated carbocycles. The Morgan fingerprint density at radius 2 is 1.18 bits per heavy atom. The zero-order valence-corrected chi connectivity index (χ0v) is 27.5. The van der Waals surface area contributed by atoms with Gasteiger partial charge in [0.15, 0.2) is 0 Å². The van der Waals surface area contributed by atoms with Crippen molar-refractivity contribution in [3.8, 4) is 23.0 Å². The summed E-state index contributed by atoms with van der Waals surface area (Å²) in [6.45, 7) is 2.04. The molecule has 4 aromatic rings. The number of carbonyl (C=O) groups excluding carboxylic acids is 4. The third-order valence-electron chi connectivity index (χ3n) is 11.5. The van der Waals surface area contributed by atoms with E-state index in [0.717, 1.165) is 47.5 Å². The summed E-state index contributed by atoms with van der Waals surface area (Å²) in [4.78, 5) is 54.5. The molecule has 246 valence electrons. The molecule has 8 heteroatoms. The lowest BCUT2D eigenvalue weighted by Crippen LogP contribution is -2.48. The fourth-order valence-corrected chi connectivity index (χ4v) is 9.62. The van der Waals surface area contributed by atoms with E-state index < -0.39 is 0 Å². The van der Waals surface area contributed by atoms with E-state index >= 15 is 0 Å². The molecule has 0 N–H and O–H groups in total. The molecule has 4 aliphatic carbocycles. The second kappa shape index (κ2) is 10.9. The first-order chi connectivity index (χ1) is 23.7. The van der Waals surface area contributed by atoms with Gasteiger partial charge >= 0.3 is 0 Å². The number of ether oxygens (including phenoxy) is 2. The molecule has 0 radical (unpaired) electrons. The van der Waals surface area contributed by atoms with Gasteiger partial charge in [0.1, 0.15) is 23.0 Å². The number of aryl methyl sites for hydroxylation is 1. The molecule has 0 atom stereocenters. The molecular formula is C41H36N2O6. The van der Waals surface area contributed by atoms with Crippen LogP contribution < -0.4 is 14.4 Å². The standard InChI is InChI=1S/C41H36N2O6/c1-3-23-5-4-6-27(16-23)43-39(46)32-11-8-29(18-34(32)40(43)47)49-36-12-9-30(48-28-7-10-31-33(17-28)38(45)42(2)37(31)44)19-35(36)41-20-24-13-25(21-41)15-26(14-24)22-41/h4-12,16-19,24-26H,3,13-15,20-22H2,1-2H3. The van der Waals surface area contributed by atoms with Crippen molar-refractivity contribution in [2.45, 2.75) is 57.3 Å². The molecule has 0 saturated heterocycles. The van der Waals surface area contributed by atoms with Crippen LogP contribution in [0.3, 0.4) is 0 Å². The molecule has 4 fully saturated rings. The van der Waals surface area contributed by atoms with Gasteiger partial charge in [-0.05, 0) is 140 Å². The molecule has 10 rings (SSSR count). The van der Waals surface area contributed by atoms with Crippen LogP contribution in [0.4, 0.5) is 5.69 Å². The fourth-order valence-electron chi connectivity index (χ4n) is 9.62. The van der Waals surface area contributed by atoms with Crippen molar-refractivity contribution in [3.63, 3.8) is 0 Å². The highest BCUT2D eigenvalue weighted by atomic mass is 16.5. The molecule has 2 heterocycles. The van der Waals surface area contributed by atoms with Crippen molar-refractivity contribution in [1.29, 1.82) is 0 Å². The predicted octanol–water partition coefficient (Wildman–Crippen LogP) is 8.33. The SMILES string of the molecule is CCc1cccc(N2C(=O)c3ccc(Oc4ccc(Oc5ccc6c(c5)C(=O)N(C)C6=O)cc4C45CC6CC(CC(C6)C4)C5)cc3C2=O)c1. The lowest BCUT2D eigenvalue weighted by Gasteiger charge is -2.57. The van der Waals surface area contributed by atoms with Crippen molar-refractivity contribution in [3.05, 3.63) is 112 Å². The lowest BCUT2D eigenvalue weighted by molar-refractivity contribution is -0.00606. The summed E-state index contributed by atoms with van der Waals surface area (Å²) < 4.78 is 13.0. The van der Waals surface area contributed by atoms with Crippen LogP contribution in [0.15, 0.2) is 78.9 Å². The van der Waals surface area contributed by atoms with Crippen molar-refractivity contribution < 1.29 is 28.7 Å². The first-order valence-corrected chi connectivity index (χ1v) is 17.3. The Labute approximate surface area is 284 Å². The summed E-state index contributed by atoms with van der Waals surface area (Å²) in [7, 11) is 1.48. The van der Waals surface area contributed by atoms with Crippen LogP contribution in [0, 0.1) is 17.8 Å². The molecule has 0 spiro atoms. The van der Waals surface area contributed by atoms with Gasteiger partial charge in [-0.3, -0.25) is 24.1 Å². The number of imide groups is 2. The Balaban J connectivity index is 1.06. The van der Waals surface area contributed by atoms with E-state index in [1.165, 1.54) is 31.2 Å². The van der Waals surface area contributed by atoms with Crippen molar-refractivity contribution in [1.82, 2.24) is 4.90 Å². The van der Waals surface area contributed by atoms with Crippen LogP contribution in [-0.4, -0.2) is 35.6 Å². The lowest BCUT2D eigenvalue weighted by atomic mass is 9.48. The van der Waals surface area contributed by atoms with Gasteiger partial charge in [0.25, 0.3) is 23.6 Å². The number of amides is 4. The van der Waals surface area contributed by atoms with Crippen LogP contribution in [0.5, 0.6) is 23.0 Å². The van der Waals surface area contributed by atoms with E-state index in [2.05, 4.69) is 6.07 Å². The zero-order chi connectivity index (χ0) is 33.6. The minimum atomic E-state index is -0.357. The van der Waals surface area contributed by atoms with Crippen LogP contribution in [0.2, 0.25) is 0 Å². The fraction of sp³-hybridized carbons (Fsp3) is 0.317. The first kappa shape index (κ1) is 29.9. The van der Waals surface area contributed by atoms with Crippen LogP contribution in [-0.2, 0) is 11.8 Å². The third-order valence-corrected chi connectivity index (χ3v) is 11.5. The second-order valence-corrected chi connectivity index (χ2v) is 14.6. The maximum absolute atomic E-state index is 13.6. The molecule has 4 aromatic carbocycles. The smallest absolute Gasteiger partial charge is 0.266 e. The van der Waals surface area contributed by atoms with Gasteiger partial charge in [-0.15, -0.1) is 0 Å². The van der Waals surface area contributed by atoms with Crippen molar-refractivity contribution in [2.75, 3.05) is 11.9 Å². The molecule has 4 bridgehead atoms. The Morgan fingerprint density at radius 1 is 0.633 bits per heavy atom. The number of carbonyl (C=O) groups is 4. The average molecular weight is 653 g/mol. The Morgan fingerprint density at radius 3 is 1.86 bits per heavy atom. The maximum Gasteiger partial charge on any atom is 0.266 e. The maximum atomic E-state index is 13.6. The van der Waals surface area contributed by atoms with Crippen LogP contribution >= 0.6 is 0 Å². The number of hydrogen-bond acceptors (Lipinski definition) is 6. The van der Waals surface area contributed by atoms with Crippen molar-refractivity contribution in [2.24, 2.45) is 17.8 Å². The average Bonchev–Trinajstić information content (AvgIpc) is 3.47. The van der Waals surface area contributed by atoms with Crippen LogP contribution in [0.1, 0.15) is 98.0 Å². The minimum absolute atomic E-state index is 0.0455. The zero-order valence-electron chi connectivity index (χ0n) is 27.5. The van der Waals surface area contributed by atoms with Gasteiger partial charge in [0.2, 0.25) is 0 Å². The number of anilines is 1. The summed E-state index contributed by atoms with van der Waals surface area (Å²) in [6.07, 6.45) is 7.98. The number of fused-ring (bicyclic) bond motifs is 2. The Kier molecular flexibility index (Phi) is 6.64. The van der Waals surface area contributed by atoms with Gasteiger partial charge in [-0.1, -0.05) is 19.1 Å². The monoisotopic (exact) mass is 652 g/mol. The van der Waals surface area contributed by atoms with Gasteiger partial charge in [-0.25, -0.2) is 4.90 Å². The molecule has 8 nitrogen and oxygen atoms in total. The molecule has 2 aliphatic heterocycles. The van der Waals surface area contributed by atoms with E-state index in [4.69, 9.17) is 9.47 Å². The minimum Gasteiger partial charge on any atom is -0.457 e. The Bertz CT molecular complexity index is 2080. The quantitative estimate of drug-likeness (QED) is 0.186. The second-order valence-electron chi connectivity index (χ2n) is 14.6. The number of hydrogen-bond donors (Lipinski definition) is 0. The molecule has 49 heavy (non-hydrogen) atoms. The highest BCUT2D eigenvalue weighted by Gasteiger charge is 2.52. The highest BCUT2D eigenvalue weighted by Crippen LogP contribution is 2.62. The Hall–Kier alpha value is -5.24. The van der Waals surface area contributed by atoms with E-state index in [0.29, 0.717) is 62.9 Å². The van der Waals surface area contributed by atoms with E-state index in [9.17, 15) is 19.2 Å². The van der Waals surface area contributed by atoms with Gasteiger partial charge in [0.05, 0.1) is 27.9 Å². The molecule has 4 amide bonds. The van der Waals surface area contributed by atoms with E-state index in [1.807, 2.05) is 37.3 Å². The molecule has 0 unspecified atom stereocenters. The molecule has 6 aliphatic rings. The number of nitrogens with zero attached hydrogens (tertiary/aromatic N) is 2. The van der Waals surface area contributed by atoms with E-state index in [1.54, 1.807) is 42.5 Å². The first-order valence-electron chi connectivity index (χ1n) is 17.3. The summed E-state index contributed by atoms with van der Waals surface area (Å²) >= 11 is 0. The summed E-state index contributed by atoms with van der Waals surface area (Å²) in [5, 5.41) is 0. The van der Waals surface area contributed by atoms with Gasteiger partial charge in [-0.2, -0.15) is 0 Å². The van der Waals surface area contributed by atoms with Crippen LogP contribution in [0.25, 0.3) is 0 Å². The third kappa shape index (κ3) is 4.71. The normalized spacial score (nSPS) is 24.9. The van der Waals surface area contributed by atoms with Gasteiger partial charge < -0.3 is 9.47 Å². The van der Waals surface area contributed by atoms with E-state index in [-0.39, 0.29) is 29.0 Å². The summed E-state index contributed by atoms with van der Waals surface area (Å²) in [6, 6.07) is 23.6. The number of benzene rings is 4. The van der Waals surface area contributed by atoms with Crippen molar-refractivity contribution >= 4 is 29.3 Å². The molecular weight excluding hydrogens is 616 g/mol. The largest absolute Gasteiger partial charge is 0.457 e. The topological polar surface area (TPSA) is 93.2 Å². The summed E-state index contributed by atoms with van der Waals surface area (Å²) in [5.41, 5.74) is 4.08.